The van der Waals surface area contributed by atoms with Gasteiger partial charge in [-0.1, -0.05) is 12.1 Å². The largest absolute Gasteiger partial charge is 0.390 e. The number of fused-ring (bicyclic) bond motifs is 2. The SMILES string of the molecule is C[C@@]1(n2ccc3c(N)ncnc32)C[C@H](CCc2ccc3ccncc3c2)[C@@H](O)[C@H]1O. The van der Waals surface area contributed by atoms with E-state index in [1.807, 2.05) is 36.0 Å². The average Bonchev–Trinajstić information content (AvgIpc) is 3.29. The zero-order valence-corrected chi connectivity index (χ0v) is 16.8. The van der Waals surface area contributed by atoms with Gasteiger partial charge in [-0.15, -0.1) is 0 Å². The first-order valence-corrected chi connectivity index (χ1v) is 10.2. The Kier molecular flexibility index (Phi) is 4.45. The van der Waals surface area contributed by atoms with Crippen LogP contribution in [0.25, 0.3) is 21.8 Å². The van der Waals surface area contributed by atoms with Crippen LogP contribution in [0.1, 0.15) is 25.3 Å². The van der Waals surface area contributed by atoms with Crippen molar-refractivity contribution in [3.63, 3.8) is 0 Å². The molecule has 154 valence electrons. The molecule has 1 fully saturated rings. The highest BCUT2D eigenvalue weighted by Gasteiger charge is 2.50. The molecule has 7 heteroatoms. The molecule has 4 N–H and O–H groups in total. The first-order valence-electron chi connectivity index (χ1n) is 10.2. The number of nitrogen functional groups attached to an aromatic ring is 1. The van der Waals surface area contributed by atoms with Gasteiger partial charge in [-0.3, -0.25) is 4.98 Å². The van der Waals surface area contributed by atoms with E-state index in [9.17, 15) is 10.2 Å². The Labute approximate surface area is 174 Å². The number of aliphatic hydroxyl groups is 2. The molecule has 5 rings (SSSR count). The zero-order valence-electron chi connectivity index (χ0n) is 16.8. The molecular formula is C23H25N5O2. The van der Waals surface area contributed by atoms with Crippen LogP contribution < -0.4 is 5.73 Å². The van der Waals surface area contributed by atoms with Gasteiger partial charge in [0, 0.05) is 24.0 Å². The molecule has 3 heterocycles. The number of nitrogens with two attached hydrogens (primary N) is 1. The van der Waals surface area contributed by atoms with Gasteiger partial charge in [0.25, 0.3) is 0 Å². The van der Waals surface area contributed by atoms with Crippen LogP contribution in [-0.4, -0.2) is 41.9 Å². The average molecular weight is 403 g/mol. The summed E-state index contributed by atoms with van der Waals surface area (Å²) in [5.74, 6) is 0.393. The molecule has 0 aliphatic heterocycles. The van der Waals surface area contributed by atoms with Crippen molar-refractivity contribution in [2.45, 2.75) is 43.9 Å². The van der Waals surface area contributed by atoms with Crippen molar-refractivity contribution < 1.29 is 10.2 Å². The standard InChI is InChI=1S/C23H25N5O2/c1-23(28-9-7-18-21(24)26-13-27-22(18)28)11-16(19(29)20(23)30)5-3-14-2-4-15-6-8-25-12-17(15)10-14/h2,4,6-10,12-13,16,19-20,29-30H,3,5,11H2,1H3,(H2,24,26,27)/t16-,19+,20+,23+/m0/s1. The second-order valence-electron chi connectivity index (χ2n) is 8.53. The predicted octanol–water partition coefficient (Wildman–Crippen LogP) is 2.65. The number of pyridine rings is 1. The monoisotopic (exact) mass is 403 g/mol. The Bertz CT molecular complexity index is 1220. The molecule has 1 aromatic carbocycles. The summed E-state index contributed by atoms with van der Waals surface area (Å²) in [4.78, 5) is 12.6. The highest BCUT2D eigenvalue weighted by molar-refractivity contribution is 5.86. The fourth-order valence-electron chi connectivity index (χ4n) is 4.94. The van der Waals surface area contributed by atoms with Gasteiger partial charge < -0.3 is 20.5 Å². The maximum absolute atomic E-state index is 11.0. The van der Waals surface area contributed by atoms with E-state index >= 15 is 0 Å². The van der Waals surface area contributed by atoms with Crippen LogP contribution in [0.5, 0.6) is 0 Å². The van der Waals surface area contributed by atoms with Gasteiger partial charge >= 0.3 is 0 Å². The molecule has 4 aromatic rings. The third kappa shape index (κ3) is 2.93. The lowest BCUT2D eigenvalue weighted by atomic mass is 9.93. The van der Waals surface area contributed by atoms with E-state index < -0.39 is 17.7 Å². The van der Waals surface area contributed by atoms with Crippen molar-refractivity contribution in [3.8, 4) is 0 Å². The van der Waals surface area contributed by atoms with Crippen molar-refractivity contribution in [2.75, 3.05) is 5.73 Å². The summed E-state index contributed by atoms with van der Waals surface area (Å²) in [6.07, 6.45) is 7.55. The summed E-state index contributed by atoms with van der Waals surface area (Å²) >= 11 is 0. The van der Waals surface area contributed by atoms with Gasteiger partial charge in [0.05, 0.1) is 17.0 Å². The van der Waals surface area contributed by atoms with Crippen molar-refractivity contribution in [1.29, 1.82) is 0 Å². The highest BCUT2D eigenvalue weighted by Crippen LogP contribution is 2.44. The molecule has 0 spiro atoms. The summed E-state index contributed by atoms with van der Waals surface area (Å²) in [6, 6.07) is 10.2. The van der Waals surface area contributed by atoms with Crippen LogP contribution in [0.3, 0.4) is 0 Å². The number of benzene rings is 1. The van der Waals surface area contributed by atoms with Crippen molar-refractivity contribution >= 4 is 27.6 Å². The molecule has 0 bridgehead atoms. The Morgan fingerprint density at radius 1 is 1.17 bits per heavy atom. The third-order valence-corrected chi connectivity index (χ3v) is 6.69. The molecule has 0 amide bonds. The van der Waals surface area contributed by atoms with E-state index in [1.165, 1.54) is 17.3 Å². The smallest absolute Gasteiger partial charge is 0.146 e. The minimum absolute atomic E-state index is 0.0220. The van der Waals surface area contributed by atoms with Crippen molar-refractivity contribution in [2.24, 2.45) is 5.92 Å². The number of hydrogen-bond acceptors (Lipinski definition) is 6. The quantitative estimate of drug-likeness (QED) is 0.483. The Balaban J connectivity index is 1.39. The van der Waals surface area contributed by atoms with Crippen molar-refractivity contribution in [1.82, 2.24) is 19.5 Å². The maximum Gasteiger partial charge on any atom is 0.146 e. The van der Waals surface area contributed by atoms with E-state index in [-0.39, 0.29) is 5.92 Å². The maximum atomic E-state index is 11.0. The Morgan fingerprint density at radius 2 is 2.03 bits per heavy atom. The van der Waals surface area contributed by atoms with Gasteiger partial charge in [-0.05, 0) is 61.3 Å². The number of aryl methyl sites for hydroxylation is 1. The fraction of sp³-hybridized carbons (Fsp3) is 0.348. The van der Waals surface area contributed by atoms with Gasteiger partial charge in [-0.25, -0.2) is 9.97 Å². The van der Waals surface area contributed by atoms with Crippen LogP contribution >= 0.6 is 0 Å². The molecule has 0 radical (unpaired) electrons. The van der Waals surface area contributed by atoms with Crippen LogP contribution in [0.4, 0.5) is 5.82 Å². The topological polar surface area (TPSA) is 110 Å². The van der Waals surface area contributed by atoms with Crippen LogP contribution in [0, 0.1) is 5.92 Å². The van der Waals surface area contributed by atoms with Gasteiger partial charge in [-0.2, -0.15) is 0 Å². The number of rotatable bonds is 4. The lowest BCUT2D eigenvalue weighted by Crippen LogP contribution is -2.42. The van der Waals surface area contributed by atoms with Gasteiger partial charge in [0.2, 0.25) is 0 Å². The number of aliphatic hydroxyl groups excluding tert-OH is 2. The second-order valence-corrected chi connectivity index (χ2v) is 8.53. The molecule has 3 aromatic heterocycles. The fourth-order valence-corrected chi connectivity index (χ4v) is 4.94. The van der Waals surface area contributed by atoms with Crippen LogP contribution in [0.15, 0.2) is 55.2 Å². The minimum Gasteiger partial charge on any atom is -0.390 e. The van der Waals surface area contributed by atoms with E-state index in [0.29, 0.717) is 17.9 Å². The minimum atomic E-state index is -0.893. The normalized spacial score (nSPS) is 26.6. The van der Waals surface area contributed by atoms with Crippen LogP contribution in [-0.2, 0) is 12.0 Å². The predicted molar refractivity (Wildman–Crippen MR) is 116 cm³/mol. The van der Waals surface area contributed by atoms with Crippen molar-refractivity contribution in [3.05, 3.63) is 60.8 Å². The van der Waals surface area contributed by atoms with Gasteiger partial charge in [0.15, 0.2) is 0 Å². The molecule has 30 heavy (non-hydrogen) atoms. The molecular weight excluding hydrogens is 378 g/mol. The molecule has 4 atom stereocenters. The lowest BCUT2D eigenvalue weighted by molar-refractivity contribution is -0.0184. The summed E-state index contributed by atoms with van der Waals surface area (Å²) in [7, 11) is 0. The number of nitrogens with zero attached hydrogens (tertiary/aromatic N) is 4. The number of aromatic nitrogens is 4. The summed E-state index contributed by atoms with van der Waals surface area (Å²) in [6.45, 7) is 1.97. The molecule has 7 nitrogen and oxygen atoms in total. The third-order valence-electron chi connectivity index (χ3n) is 6.69. The Morgan fingerprint density at radius 3 is 2.90 bits per heavy atom. The highest BCUT2D eigenvalue weighted by atomic mass is 16.3. The first kappa shape index (κ1) is 19.0. The summed E-state index contributed by atoms with van der Waals surface area (Å²) in [5.41, 5.74) is 7.19. The molecule has 1 aliphatic carbocycles. The Hall–Kier alpha value is -3.03. The second kappa shape index (κ2) is 7.04. The molecule has 0 saturated heterocycles. The van der Waals surface area contributed by atoms with E-state index in [2.05, 4.69) is 33.2 Å². The molecule has 0 unspecified atom stereocenters. The van der Waals surface area contributed by atoms with Gasteiger partial charge in [0.1, 0.15) is 23.9 Å². The van der Waals surface area contributed by atoms with E-state index in [4.69, 9.17) is 5.73 Å². The first-order chi connectivity index (χ1) is 14.5. The van der Waals surface area contributed by atoms with E-state index in [0.717, 1.165) is 23.6 Å². The van der Waals surface area contributed by atoms with Crippen LogP contribution in [0.2, 0.25) is 0 Å². The summed E-state index contributed by atoms with van der Waals surface area (Å²) in [5, 5.41) is 24.8. The summed E-state index contributed by atoms with van der Waals surface area (Å²) < 4.78 is 1.94. The zero-order chi connectivity index (χ0) is 20.9. The molecule has 1 aliphatic rings. The molecule has 1 saturated carbocycles. The number of anilines is 1. The number of hydrogen-bond donors (Lipinski definition) is 3. The lowest BCUT2D eigenvalue weighted by Gasteiger charge is -2.31. The van der Waals surface area contributed by atoms with E-state index in [1.54, 1.807) is 6.20 Å².